The first-order valence-corrected chi connectivity index (χ1v) is 12.4. The van der Waals surface area contributed by atoms with Crippen molar-refractivity contribution in [3.05, 3.63) is 59.2 Å². The number of hydrogen-bond acceptors (Lipinski definition) is 5. The van der Waals surface area contributed by atoms with Gasteiger partial charge < -0.3 is 19.5 Å². The van der Waals surface area contributed by atoms with Crippen LogP contribution in [0.4, 0.5) is 4.79 Å². The fraction of sp³-hybridized carbons (Fsp3) is 0.500. The zero-order chi connectivity index (χ0) is 24.8. The van der Waals surface area contributed by atoms with Crippen LogP contribution in [0.3, 0.4) is 0 Å². The molecule has 1 aliphatic heterocycles. The van der Waals surface area contributed by atoms with Crippen LogP contribution < -0.4 is 14.8 Å². The van der Waals surface area contributed by atoms with Crippen molar-refractivity contribution in [2.75, 3.05) is 14.2 Å². The summed E-state index contributed by atoms with van der Waals surface area (Å²) in [5.41, 5.74) is 1.57. The molecule has 7 nitrogen and oxygen atoms in total. The maximum Gasteiger partial charge on any atom is 0.325 e. The predicted octanol–water partition coefficient (Wildman–Crippen LogP) is 4.56. The highest BCUT2D eigenvalue weighted by molar-refractivity contribution is 6.09. The second-order valence-corrected chi connectivity index (χ2v) is 10.3. The second kappa shape index (κ2) is 8.86. The first-order chi connectivity index (χ1) is 16.8. The van der Waals surface area contributed by atoms with E-state index in [1.807, 2.05) is 50.2 Å². The summed E-state index contributed by atoms with van der Waals surface area (Å²) in [6.07, 6.45) is 4.34. The molecule has 2 aliphatic carbocycles. The van der Waals surface area contributed by atoms with Gasteiger partial charge in [0.25, 0.3) is 5.91 Å². The van der Waals surface area contributed by atoms with Crippen LogP contribution in [-0.4, -0.2) is 43.2 Å². The summed E-state index contributed by atoms with van der Waals surface area (Å²) in [5.74, 6) is 1.35. The van der Waals surface area contributed by atoms with Crippen molar-refractivity contribution in [2.45, 2.75) is 70.2 Å². The predicted molar refractivity (Wildman–Crippen MR) is 131 cm³/mol. The van der Waals surface area contributed by atoms with E-state index in [-0.39, 0.29) is 29.5 Å². The number of ether oxygens (including phenoxy) is 3. The van der Waals surface area contributed by atoms with E-state index in [4.69, 9.17) is 14.2 Å². The summed E-state index contributed by atoms with van der Waals surface area (Å²) in [7, 11) is 3.39. The van der Waals surface area contributed by atoms with Crippen LogP contribution in [0, 0.1) is 5.41 Å². The number of carbonyl (C=O) groups is 2. The van der Waals surface area contributed by atoms with E-state index < -0.39 is 5.54 Å². The minimum absolute atomic E-state index is 0.139. The number of nitrogens with zero attached hydrogens (tertiary/aromatic N) is 1. The first kappa shape index (κ1) is 23.7. The van der Waals surface area contributed by atoms with Crippen molar-refractivity contribution in [3.8, 4) is 11.5 Å². The van der Waals surface area contributed by atoms with Gasteiger partial charge in [-0.15, -0.1) is 0 Å². The fourth-order valence-electron chi connectivity index (χ4n) is 6.31. The summed E-state index contributed by atoms with van der Waals surface area (Å²) in [5, 5.41) is 3.20. The molecule has 3 amide bonds. The molecule has 186 valence electrons. The number of carbonyl (C=O) groups excluding carboxylic acids is 2. The van der Waals surface area contributed by atoms with E-state index in [1.165, 1.54) is 4.90 Å². The molecule has 2 spiro atoms. The summed E-state index contributed by atoms with van der Waals surface area (Å²) in [6, 6.07) is 13.2. The highest BCUT2D eigenvalue weighted by Crippen LogP contribution is 2.60. The monoisotopic (exact) mass is 478 g/mol. The highest BCUT2D eigenvalue weighted by Gasteiger charge is 2.68. The zero-order valence-corrected chi connectivity index (χ0v) is 20.9. The van der Waals surface area contributed by atoms with E-state index in [9.17, 15) is 9.59 Å². The number of benzene rings is 2. The molecule has 1 saturated heterocycles. The minimum atomic E-state index is -1.07. The average molecular weight is 479 g/mol. The molecule has 0 aromatic heterocycles. The molecule has 1 heterocycles. The van der Waals surface area contributed by atoms with Crippen molar-refractivity contribution in [1.82, 2.24) is 10.2 Å². The summed E-state index contributed by atoms with van der Waals surface area (Å²) in [4.78, 5) is 28.6. The number of methoxy groups -OCH3 is 2. The van der Waals surface area contributed by atoms with Gasteiger partial charge in [-0.25, -0.2) is 4.79 Å². The molecular formula is C28H34N2O5. The number of imide groups is 1. The van der Waals surface area contributed by atoms with Crippen LogP contribution in [0.25, 0.3) is 0 Å². The smallest absolute Gasteiger partial charge is 0.325 e. The molecule has 35 heavy (non-hydrogen) atoms. The summed E-state index contributed by atoms with van der Waals surface area (Å²) in [6.45, 7) is 4.17. The molecule has 2 aromatic carbocycles. The molecular weight excluding hydrogens is 444 g/mol. The van der Waals surface area contributed by atoms with Crippen molar-refractivity contribution in [2.24, 2.45) is 5.41 Å². The van der Waals surface area contributed by atoms with Gasteiger partial charge in [0, 0.05) is 18.6 Å². The average Bonchev–Trinajstić information content (AvgIpc) is 3.29. The van der Waals surface area contributed by atoms with Gasteiger partial charge >= 0.3 is 6.03 Å². The van der Waals surface area contributed by atoms with Crippen LogP contribution >= 0.6 is 0 Å². The molecule has 1 unspecified atom stereocenters. The maximum absolute atomic E-state index is 14.1. The largest absolute Gasteiger partial charge is 0.497 e. The van der Waals surface area contributed by atoms with Gasteiger partial charge in [-0.2, -0.15) is 0 Å². The Morgan fingerprint density at radius 2 is 1.71 bits per heavy atom. The lowest BCUT2D eigenvalue weighted by Crippen LogP contribution is -2.57. The topological polar surface area (TPSA) is 77.1 Å². The molecule has 0 radical (unpaired) electrons. The van der Waals surface area contributed by atoms with Crippen molar-refractivity contribution in [1.29, 1.82) is 0 Å². The summed E-state index contributed by atoms with van der Waals surface area (Å²) < 4.78 is 17.0. The fourth-order valence-corrected chi connectivity index (χ4v) is 6.31. The molecule has 3 aliphatic rings. The first-order valence-electron chi connectivity index (χ1n) is 12.4. The molecule has 7 heteroatoms. The lowest BCUT2D eigenvalue weighted by molar-refractivity contribution is -0.139. The SMILES string of the molecule is COc1ccc(COc2ccc3c(c2)C2(NC(=O)N(C(C)C)C2=O)C2(CCC(OC)CC2)C3)cc1. The Balaban J connectivity index is 1.50. The van der Waals surface area contributed by atoms with Crippen molar-refractivity contribution < 1.29 is 23.8 Å². The van der Waals surface area contributed by atoms with E-state index in [2.05, 4.69) is 11.4 Å². The zero-order valence-electron chi connectivity index (χ0n) is 20.9. The van der Waals surface area contributed by atoms with Crippen molar-refractivity contribution in [3.63, 3.8) is 0 Å². The number of rotatable bonds is 6. The van der Waals surface area contributed by atoms with Crippen LogP contribution in [0.1, 0.15) is 56.2 Å². The number of nitrogens with one attached hydrogen (secondary N) is 1. The third-order valence-corrected chi connectivity index (χ3v) is 8.17. The molecule has 0 bridgehead atoms. The van der Waals surface area contributed by atoms with Gasteiger partial charge in [-0.05, 0) is 86.9 Å². The molecule has 1 N–H and O–H groups in total. The van der Waals surface area contributed by atoms with E-state index in [1.54, 1.807) is 14.2 Å². The maximum atomic E-state index is 14.1. The Kier molecular flexibility index (Phi) is 5.99. The van der Waals surface area contributed by atoms with Crippen LogP contribution in [-0.2, 0) is 28.1 Å². The van der Waals surface area contributed by atoms with E-state index in [0.29, 0.717) is 12.4 Å². The normalized spacial score (nSPS) is 27.6. The molecule has 2 aromatic rings. The number of urea groups is 1. The third-order valence-electron chi connectivity index (χ3n) is 8.17. The number of fused-ring (bicyclic) bond motifs is 3. The third kappa shape index (κ3) is 3.68. The number of hydrogen-bond donors (Lipinski definition) is 1. The van der Waals surface area contributed by atoms with Gasteiger partial charge in [0.05, 0.1) is 13.2 Å². The second-order valence-electron chi connectivity index (χ2n) is 10.3. The molecule has 1 saturated carbocycles. The number of amides is 3. The van der Waals surface area contributed by atoms with Gasteiger partial charge in [-0.1, -0.05) is 18.2 Å². The van der Waals surface area contributed by atoms with Crippen LogP contribution in [0.2, 0.25) is 0 Å². The van der Waals surface area contributed by atoms with Gasteiger partial charge in [-0.3, -0.25) is 9.69 Å². The van der Waals surface area contributed by atoms with Crippen molar-refractivity contribution >= 4 is 11.9 Å². The van der Waals surface area contributed by atoms with Gasteiger partial charge in [0.1, 0.15) is 18.1 Å². The van der Waals surface area contributed by atoms with Crippen LogP contribution in [0.5, 0.6) is 11.5 Å². The quantitative estimate of drug-likeness (QED) is 0.616. The lowest BCUT2D eigenvalue weighted by Gasteiger charge is -2.46. The molecule has 5 rings (SSSR count). The molecule has 2 fully saturated rings. The lowest BCUT2D eigenvalue weighted by atomic mass is 9.61. The van der Waals surface area contributed by atoms with Gasteiger partial charge in [0.2, 0.25) is 0 Å². The minimum Gasteiger partial charge on any atom is -0.497 e. The highest BCUT2D eigenvalue weighted by atomic mass is 16.5. The van der Waals surface area contributed by atoms with Gasteiger partial charge in [0.15, 0.2) is 5.54 Å². The Bertz CT molecular complexity index is 1120. The Labute approximate surface area is 206 Å². The Morgan fingerprint density at radius 3 is 2.31 bits per heavy atom. The van der Waals surface area contributed by atoms with E-state index >= 15 is 0 Å². The standard InChI is InChI=1S/C28H34N2O5/c1-18(2)30-25(31)28(29-26(30)32)24-15-23(35-17-19-5-8-21(33-3)9-6-19)10-7-20(24)16-27(28)13-11-22(34-4)12-14-27/h5-10,15,18,22H,11-14,16-17H2,1-4H3,(H,29,32). The van der Waals surface area contributed by atoms with E-state index in [0.717, 1.165) is 54.5 Å². The summed E-state index contributed by atoms with van der Waals surface area (Å²) >= 11 is 0. The molecule has 1 atom stereocenters. The Hall–Kier alpha value is -3.06. The van der Waals surface area contributed by atoms with Crippen LogP contribution in [0.15, 0.2) is 42.5 Å². The Morgan fingerprint density at radius 1 is 1.03 bits per heavy atom.